The number of hydrogen-bond donors (Lipinski definition) is 2. The fraction of sp³-hybridized carbons (Fsp3) is 0.769. The van der Waals surface area contributed by atoms with Crippen molar-refractivity contribution in [2.75, 3.05) is 0 Å². The number of hydrazone groups is 1. The number of nitrogens with one attached hydrogen (secondary N) is 2. The molecule has 1 aromatic rings. The van der Waals surface area contributed by atoms with Crippen LogP contribution >= 0.6 is 0 Å². The molecule has 1 heterocycles. The molecular formula is C13H17N7. The quantitative estimate of drug-likeness (QED) is 0.626. The highest BCUT2D eigenvalue weighted by atomic mass is 15.5. The number of rotatable bonds is 3. The van der Waals surface area contributed by atoms with Gasteiger partial charge in [-0.05, 0) is 61.0 Å². The van der Waals surface area contributed by atoms with Crippen LogP contribution in [0, 0.1) is 35.0 Å². The summed E-state index contributed by atoms with van der Waals surface area (Å²) in [5, 5.41) is 26.8. The average molecular weight is 271 g/mol. The van der Waals surface area contributed by atoms with Gasteiger partial charge in [0.05, 0.1) is 0 Å². The number of nitriles is 1. The van der Waals surface area contributed by atoms with E-state index in [0.29, 0.717) is 6.04 Å². The summed E-state index contributed by atoms with van der Waals surface area (Å²) in [6, 6.07) is 2.44. The van der Waals surface area contributed by atoms with Crippen molar-refractivity contribution in [1.82, 2.24) is 26.0 Å². The predicted molar refractivity (Wildman–Crippen MR) is 70.3 cm³/mol. The van der Waals surface area contributed by atoms with E-state index in [1.807, 2.05) is 6.07 Å². The van der Waals surface area contributed by atoms with Crippen LogP contribution in [-0.4, -0.2) is 32.4 Å². The molecule has 0 aliphatic heterocycles. The highest BCUT2D eigenvalue weighted by Crippen LogP contribution is 2.53. The van der Waals surface area contributed by atoms with Crippen LogP contribution in [0.15, 0.2) is 5.10 Å². The maximum atomic E-state index is 9.14. The van der Waals surface area contributed by atoms with Gasteiger partial charge >= 0.3 is 0 Å². The van der Waals surface area contributed by atoms with E-state index in [1.54, 1.807) is 0 Å². The molecule has 7 nitrogen and oxygen atoms in total. The Labute approximate surface area is 116 Å². The molecule has 104 valence electrons. The van der Waals surface area contributed by atoms with Gasteiger partial charge in [0.2, 0.25) is 11.5 Å². The van der Waals surface area contributed by atoms with E-state index in [-0.39, 0.29) is 11.5 Å². The Bertz CT molecular complexity index is 528. The van der Waals surface area contributed by atoms with Crippen molar-refractivity contribution in [2.45, 2.75) is 38.1 Å². The van der Waals surface area contributed by atoms with Crippen LogP contribution in [0.2, 0.25) is 0 Å². The Morgan fingerprint density at radius 3 is 2.45 bits per heavy atom. The third kappa shape index (κ3) is 1.87. The van der Waals surface area contributed by atoms with Crippen LogP contribution in [-0.2, 0) is 0 Å². The summed E-state index contributed by atoms with van der Waals surface area (Å²) in [4.78, 5) is 0. The van der Waals surface area contributed by atoms with Crippen LogP contribution in [0.4, 0.5) is 0 Å². The van der Waals surface area contributed by atoms with Gasteiger partial charge in [-0.2, -0.15) is 15.6 Å². The van der Waals surface area contributed by atoms with Crippen molar-refractivity contribution < 1.29 is 0 Å². The fourth-order valence-electron chi connectivity index (χ4n) is 4.66. The van der Waals surface area contributed by atoms with E-state index in [1.165, 1.54) is 32.1 Å². The van der Waals surface area contributed by atoms with Crippen LogP contribution < -0.4 is 5.43 Å². The minimum Gasteiger partial charge on any atom is -0.305 e. The standard InChI is InChI=1S/C13H17N7/c14-6-11(13-17-19-20-18-13)15-16-12-9-2-7-1-8(4-9)5-10(12)3-7/h7-10,12,16H,1-5H2,(H,17,18,19,20)/b15-11+. The van der Waals surface area contributed by atoms with Crippen LogP contribution in [0.5, 0.6) is 0 Å². The van der Waals surface area contributed by atoms with Gasteiger partial charge in [-0.1, -0.05) is 0 Å². The molecule has 4 saturated carbocycles. The largest absolute Gasteiger partial charge is 0.305 e. The Kier molecular flexibility index (Phi) is 2.69. The number of aromatic nitrogens is 4. The number of nitrogens with zero attached hydrogens (tertiary/aromatic N) is 5. The summed E-state index contributed by atoms with van der Waals surface area (Å²) in [5.74, 6) is 3.57. The monoisotopic (exact) mass is 271 g/mol. The number of H-pyrrole nitrogens is 1. The molecule has 0 radical (unpaired) electrons. The summed E-state index contributed by atoms with van der Waals surface area (Å²) in [5.41, 5.74) is 3.45. The van der Waals surface area contributed by atoms with Crippen LogP contribution in [0.1, 0.15) is 37.9 Å². The molecule has 7 heteroatoms. The van der Waals surface area contributed by atoms with E-state index in [0.717, 1.165) is 23.7 Å². The van der Waals surface area contributed by atoms with Crippen molar-refractivity contribution >= 4 is 5.71 Å². The first-order valence-electron chi connectivity index (χ1n) is 7.30. The molecule has 20 heavy (non-hydrogen) atoms. The van der Waals surface area contributed by atoms with Crippen LogP contribution in [0.3, 0.4) is 0 Å². The second-order valence-electron chi connectivity index (χ2n) is 6.39. The van der Waals surface area contributed by atoms with Gasteiger partial charge in [-0.15, -0.1) is 10.2 Å². The summed E-state index contributed by atoms with van der Waals surface area (Å²) in [7, 11) is 0. The molecule has 0 unspecified atom stereocenters. The highest BCUT2D eigenvalue weighted by Gasteiger charge is 2.48. The van der Waals surface area contributed by atoms with E-state index in [2.05, 4.69) is 31.2 Å². The van der Waals surface area contributed by atoms with E-state index >= 15 is 0 Å². The third-order valence-electron chi connectivity index (χ3n) is 5.22. The summed E-state index contributed by atoms with van der Waals surface area (Å²) in [6.45, 7) is 0. The van der Waals surface area contributed by atoms with Crippen molar-refractivity contribution in [3.8, 4) is 6.07 Å². The minimum atomic E-state index is 0.201. The second kappa shape index (κ2) is 4.54. The topological polar surface area (TPSA) is 103 Å². The lowest BCUT2D eigenvalue weighted by atomic mass is 9.54. The number of hydrogen-bond acceptors (Lipinski definition) is 6. The smallest absolute Gasteiger partial charge is 0.235 e. The SMILES string of the molecule is N#C/C(=N\NC1C2CC3CC(C2)CC1C3)c1nn[nH]n1. The van der Waals surface area contributed by atoms with Gasteiger partial charge in [0.15, 0.2) is 0 Å². The molecule has 0 saturated heterocycles. The predicted octanol–water partition coefficient (Wildman–Crippen LogP) is 0.842. The average Bonchev–Trinajstić information content (AvgIpc) is 2.95. The summed E-state index contributed by atoms with van der Waals surface area (Å²) >= 11 is 0. The first-order valence-corrected chi connectivity index (χ1v) is 7.30. The van der Waals surface area contributed by atoms with Crippen molar-refractivity contribution in [2.24, 2.45) is 28.8 Å². The molecule has 1 aromatic heterocycles. The zero-order chi connectivity index (χ0) is 13.5. The molecule has 4 bridgehead atoms. The normalized spacial score (nSPS) is 38.8. The molecule has 4 aliphatic rings. The Balaban J connectivity index is 1.51. The fourth-order valence-corrected chi connectivity index (χ4v) is 4.66. The Hall–Kier alpha value is -1.97. The minimum absolute atomic E-state index is 0.201. The first-order chi connectivity index (χ1) is 9.83. The zero-order valence-electron chi connectivity index (χ0n) is 11.2. The third-order valence-corrected chi connectivity index (χ3v) is 5.22. The molecular weight excluding hydrogens is 254 g/mol. The number of tetrazole rings is 1. The number of aromatic amines is 1. The van der Waals surface area contributed by atoms with Gasteiger partial charge in [0.1, 0.15) is 6.07 Å². The molecule has 5 rings (SSSR count). The molecule has 0 amide bonds. The molecule has 4 fully saturated rings. The lowest BCUT2D eigenvalue weighted by Gasteiger charge is -2.54. The Morgan fingerprint density at radius 1 is 1.20 bits per heavy atom. The van der Waals surface area contributed by atoms with Gasteiger partial charge < -0.3 is 5.43 Å². The van der Waals surface area contributed by atoms with E-state index in [9.17, 15) is 0 Å². The van der Waals surface area contributed by atoms with Crippen LogP contribution in [0.25, 0.3) is 0 Å². The molecule has 0 atom stereocenters. The Morgan fingerprint density at radius 2 is 1.90 bits per heavy atom. The molecule has 2 N–H and O–H groups in total. The first kappa shape index (κ1) is 11.8. The van der Waals surface area contributed by atoms with Crippen molar-refractivity contribution in [3.63, 3.8) is 0 Å². The maximum Gasteiger partial charge on any atom is 0.235 e. The molecule has 4 aliphatic carbocycles. The van der Waals surface area contributed by atoms with Crippen molar-refractivity contribution in [3.05, 3.63) is 5.82 Å². The second-order valence-corrected chi connectivity index (χ2v) is 6.39. The zero-order valence-corrected chi connectivity index (χ0v) is 11.2. The van der Waals surface area contributed by atoms with E-state index in [4.69, 9.17) is 5.26 Å². The van der Waals surface area contributed by atoms with Gasteiger partial charge in [0.25, 0.3) is 0 Å². The maximum absolute atomic E-state index is 9.14. The summed E-state index contributed by atoms with van der Waals surface area (Å²) < 4.78 is 0. The van der Waals surface area contributed by atoms with Gasteiger partial charge in [0, 0.05) is 6.04 Å². The lowest BCUT2D eigenvalue weighted by Crippen LogP contribution is -2.53. The van der Waals surface area contributed by atoms with Crippen molar-refractivity contribution in [1.29, 1.82) is 5.26 Å². The van der Waals surface area contributed by atoms with Gasteiger partial charge in [-0.25, -0.2) is 0 Å². The molecule has 0 aromatic carbocycles. The highest BCUT2D eigenvalue weighted by molar-refractivity contribution is 6.08. The van der Waals surface area contributed by atoms with Gasteiger partial charge in [-0.3, -0.25) is 0 Å². The lowest BCUT2D eigenvalue weighted by molar-refractivity contribution is -0.0132. The van der Waals surface area contributed by atoms with E-state index < -0.39 is 0 Å². The molecule has 0 spiro atoms. The summed E-state index contributed by atoms with van der Waals surface area (Å²) in [6.07, 6.45) is 6.73.